The molecule has 0 radical (unpaired) electrons. The van der Waals surface area contributed by atoms with Gasteiger partial charge in [0.05, 0.1) is 11.6 Å². The van der Waals surface area contributed by atoms with E-state index in [4.69, 9.17) is 0 Å². The van der Waals surface area contributed by atoms with Crippen LogP contribution in [0.5, 0.6) is 0 Å². The van der Waals surface area contributed by atoms with E-state index in [-0.39, 0.29) is 11.1 Å². The molecule has 0 fully saturated rings. The third-order valence-electron chi connectivity index (χ3n) is 4.54. The molecule has 0 bridgehead atoms. The molecular weight excluding hydrogens is 394 g/mol. The lowest BCUT2D eigenvalue weighted by atomic mass is 10.1. The van der Waals surface area contributed by atoms with Gasteiger partial charge in [-0.3, -0.25) is 9.59 Å². The molecule has 0 spiro atoms. The molecule has 10 heteroatoms. The Morgan fingerprint density at radius 3 is 2.38 bits per heavy atom. The number of benzene rings is 2. The second-order valence-corrected chi connectivity index (χ2v) is 6.46. The maximum atomic E-state index is 14.1. The number of hydrogen-bond acceptors (Lipinski definition) is 3. The van der Waals surface area contributed by atoms with Crippen molar-refractivity contribution in [3.63, 3.8) is 0 Å². The summed E-state index contributed by atoms with van der Waals surface area (Å²) in [5, 5.41) is 1.69. The van der Waals surface area contributed by atoms with E-state index in [1.807, 2.05) is 0 Å². The number of aromatic amines is 1. The molecule has 1 heterocycles. The van der Waals surface area contributed by atoms with E-state index in [0.717, 1.165) is 24.3 Å². The summed E-state index contributed by atoms with van der Waals surface area (Å²) in [5.74, 6) is -5.27. The number of fused-ring (bicyclic) bond motifs is 1. The minimum Gasteiger partial charge on any atom is -0.348 e. The van der Waals surface area contributed by atoms with Crippen LogP contribution in [-0.4, -0.2) is 15.5 Å². The third kappa shape index (κ3) is 3.65. The Hall–Kier alpha value is -3.43. The maximum Gasteiger partial charge on any atom is 0.329 e. The van der Waals surface area contributed by atoms with Crippen molar-refractivity contribution in [2.75, 3.05) is 0 Å². The zero-order valence-electron chi connectivity index (χ0n) is 15.2. The molecule has 0 saturated heterocycles. The lowest BCUT2D eigenvalue weighted by molar-refractivity contribution is -0.124. The molecule has 29 heavy (non-hydrogen) atoms. The number of nitrogens with one attached hydrogen (secondary N) is 2. The first kappa shape index (κ1) is 20.3. The fourth-order valence-corrected chi connectivity index (χ4v) is 2.99. The molecule has 0 saturated carbocycles. The Balaban J connectivity index is 1.97. The Morgan fingerprint density at radius 2 is 1.72 bits per heavy atom. The Labute approximate surface area is 160 Å². The summed E-state index contributed by atoms with van der Waals surface area (Å²) >= 11 is 0. The number of amides is 1. The van der Waals surface area contributed by atoms with Gasteiger partial charge in [0, 0.05) is 11.6 Å². The van der Waals surface area contributed by atoms with Gasteiger partial charge in [-0.15, -0.1) is 0 Å². The molecule has 0 aliphatic heterocycles. The molecule has 152 valence electrons. The van der Waals surface area contributed by atoms with E-state index in [1.54, 1.807) is 0 Å². The monoisotopic (exact) mass is 409 g/mol. The molecule has 1 aromatic heterocycles. The average Bonchev–Trinajstić information content (AvgIpc) is 2.64. The van der Waals surface area contributed by atoms with Crippen molar-refractivity contribution in [3.05, 3.63) is 80.0 Å². The smallest absolute Gasteiger partial charge is 0.329 e. The predicted octanol–water partition coefficient (Wildman–Crippen LogP) is 2.68. The van der Waals surface area contributed by atoms with Crippen LogP contribution in [0, 0.1) is 23.3 Å². The summed E-state index contributed by atoms with van der Waals surface area (Å²) in [4.78, 5) is 39.6. The van der Waals surface area contributed by atoms with E-state index in [1.165, 1.54) is 13.8 Å². The topological polar surface area (TPSA) is 84.0 Å². The van der Waals surface area contributed by atoms with E-state index in [9.17, 15) is 31.9 Å². The average molecular weight is 409 g/mol. The zero-order valence-corrected chi connectivity index (χ0v) is 15.2. The van der Waals surface area contributed by atoms with Gasteiger partial charge in [-0.05, 0) is 32.0 Å². The highest BCUT2D eigenvalue weighted by Gasteiger charge is 2.24. The van der Waals surface area contributed by atoms with Gasteiger partial charge in [-0.1, -0.05) is 6.07 Å². The van der Waals surface area contributed by atoms with Gasteiger partial charge >= 0.3 is 5.69 Å². The molecule has 6 nitrogen and oxygen atoms in total. The van der Waals surface area contributed by atoms with Crippen molar-refractivity contribution in [2.45, 2.75) is 25.9 Å². The van der Waals surface area contributed by atoms with Crippen molar-refractivity contribution in [2.24, 2.45) is 0 Å². The first-order chi connectivity index (χ1) is 13.6. The molecule has 0 aliphatic carbocycles. The number of halogens is 4. The van der Waals surface area contributed by atoms with Crippen molar-refractivity contribution in [1.82, 2.24) is 14.9 Å². The Morgan fingerprint density at radius 1 is 1.03 bits per heavy atom. The van der Waals surface area contributed by atoms with Gasteiger partial charge in [-0.2, -0.15) is 0 Å². The van der Waals surface area contributed by atoms with Crippen LogP contribution in [0.25, 0.3) is 10.9 Å². The Bertz CT molecular complexity index is 1240. The van der Waals surface area contributed by atoms with Crippen LogP contribution in [0.2, 0.25) is 0 Å². The van der Waals surface area contributed by atoms with E-state index >= 15 is 0 Å². The molecule has 3 rings (SSSR count). The van der Waals surface area contributed by atoms with Gasteiger partial charge in [0.2, 0.25) is 5.91 Å². The zero-order chi connectivity index (χ0) is 21.5. The molecule has 0 unspecified atom stereocenters. The number of hydrogen-bond donors (Lipinski definition) is 2. The lowest BCUT2D eigenvalue weighted by Gasteiger charge is -2.19. The van der Waals surface area contributed by atoms with Crippen LogP contribution >= 0.6 is 0 Å². The minimum absolute atomic E-state index is 0.0140. The highest BCUT2D eigenvalue weighted by atomic mass is 19.2. The predicted molar refractivity (Wildman–Crippen MR) is 96.4 cm³/mol. The summed E-state index contributed by atoms with van der Waals surface area (Å²) < 4.78 is 54.9. The SMILES string of the molecule is C[C@H](NC(=O)[C@H](C)n1c(=O)[nH]c2ccc(F)c(F)c2c1=O)c1ccc(F)cc1F. The number of rotatable bonds is 4. The van der Waals surface area contributed by atoms with Crippen molar-refractivity contribution in [3.8, 4) is 0 Å². The van der Waals surface area contributed by atoms with Crippen molar-refractivity contribution in [1.29, 1.82) is 0 Å². The van der Waals surface area contributed by atoms with Gasteiger partial charge < -0.3 is 10.3 Å². The fraction of sp³-hybridized carbons (Fsp3) is 0.211. The van der Waals surface area contributed by atoms with E-state index in [2.05, 4.69) is 10.3 Å². The van der Waals surface area contributed by atoms with Gasteiger partial charge in [0.25, 0.3) is 5.56 Å². The van der Waals surface area contributed by atoms with Gasteiger partial charge in [-0.25, -0.2) is 26.9 Å². The lowest BCUT2D eigenvalue weighted by Crippen LogP contribution is -2.44. The number of carbonyl (C=O) groups is 1. The third-order valence-corrected chi connectivity index (χ3v) is 4.54. The summed E-state index contributed by atoms with van der Waals surface area (Å²) in [7, 11) is 0. The number of aromatic nitrogens is 2. The van der Waals surface area contributed by atoms with Gasteiger partial charge in [0.1, 0.15) is 23.1 Å². The summed E-state index contributed by atoms with van der Waals surface area (Å²) in [6, 6.07) is 2.25. The van der Waals surface area contributed by atoms with E-state index < -0.39 is 57.9 Å². The molecule has 2 aromatic carbocycles. The fourth-order valence-electron chi connectivity index (χ4n) is 2.99. The van der Waals surface area contributed by atoms with E-state index in [0.29, 0.717) is 10.6 Å². The molecule has 2 N–H and O–H groups in total. The number of carbonyl (C=O) groups excluding carboxylic acids is 1. The second kappa shape index (κ2) is 7.53. The van der Waals surface area contributed by atoms with Gasteiger partial charge in [0.15, 0.2) is 11.6 Å². The summed E-state index contributed by atoms with van der Waals surface area (Å²) in [5.41, 5.74) is -2.43. The maximum absolute atomic E-state index is 14.1. The Kier molecular flexibility index (Phi) is 5.27. The second-order valence-electron chi connectivity index (χ2n) is 6.46. The van der Waals surface area contributed by atoms with Crippen molar-refractivity contribution < 1.29 is 22.4 Å². The van der Waals surface area contributed by atoms with Crippen LogP contribution in [0.1, 0.15) is 31.5 Å². The molecule has 1 amide bonds. The number of nitrogens with zero attached hydrogens (tertiary/aromatic N) is 1. The molecule has 2 atom stereocenters. The highest BCUT2D eigenvalue weighted by molar-refractivity contribution is 5.82. The standard InChI is InChI=1S/C19H15F4N3O3/c1-8(11-4-3-10(20)7-13(11)22)24-17(27)9(2)26-18(28)15-14(25-19(26)29)6-5-12(21)16(15)23/h3-9H,1-2H3,(H,24,27)(H,25,29)/t8-,9-/m0/s1. The van der Waals surface area contributed by atoms with Crippen LogP contribution in [0.4, 0.5) is 17.6 Å². The first-order valence-electron chi connectivity index (χ1n) is 8.49. The molecular formula is C19H15F4N3O3. The summed E-state index contributed by atoms with van der Waals surface area (Å²) in [6.07, 6.45) is 0. The van der Waals surface area contributed by atoms with Crippen LogP contribution < -0.4 is 16.6 Å². The van der Waals surface area contributed by atoms with Crippen molar-refractivity contribution >= 4 is 16.8 Å². The van der Waals surface area contributed by atoms with Crippen LogP contribution in [0.15, 0.2) is 39.9 Å². The van der Waals surface area contributed by atoms with Crippen LogP contribution in [0.3, 0.4) is 0 Å². The quantitative estimate of drug-likeness (QED) is 0.650. The first-order valence-corrected chi connectivity index (χ1v) is 8.49. The summed E-state index contributed by atoms with van der Waals surface area (Å²) in [6.45, 7) is 2.62. The highest BCUT2D eigenvalue weighted by Crippen LogP contribution is 2.19. The van der Waals surface area contributed by atoms with Crippen LogP contribution in [-0.2, 0) is 4.79 Å². The normalized spacial score (nSPS) is 13.3. The molecule has 0 aliphatic rings. The molecule has 3 aromatic rings. The largest absolute Gasteiger partial charge is 0.348 e. The number of H-pyrrole nitrogens is 1. The minimum atomic E-state index is -1.45.